The van der Waals surface area contributed by atoms with E-state index in [-0.39, 0.29) is 28.4 Å². The van der Waals surface area contributed by atoms with Crippen LogP contribution in [-0.2, 0) is 11.3 Å². The van der Waals surface area contributed by atoms with Crippen LogP contribution in [0.4, 0.5) is 15.8 Å². The third kappa shape index (κ3) is 4.23. The first-order valence-corrected chi connectivity index (χ1v) is 9.05. The van der Waals surface area contributed by atoms with Gasteiger partial charge in [-0.25, -0.2) is 4.39 Å². The molecule has 9 heteroatoms. The Morgan fingerprint density at radius 3 is 2.68 bits per heavy atom. The number of nitro benzene ring substituents is 1. The molecule has 0 unspecified atom stereocenters. The highest BCUT2D eigenvalue weighted by atomic mass is 35.5. The van der Waals surface area contributed by atoms with Gasteiger partial charge in [0.25, 0.3) is 11.6 Å². The lowest BCUT2D eigenvalue weighted by molar-refractivity contribution is -0.384. The smallest absolute Gasteiger partial charge is 0.270 e. The molecule has 1 aliphatic heterocycles. The molecule has 7 nitrogen and oxygen atoms in total. The monoisotopic (exact) mass is 407 g/mol. The van der Waals surface area contributed by atoms with E-state index in [0.29, 0.717) is 32.0 Å². The first-order chi connectivity index (χ1) is 13.4. The molecule has 1 saturated heterocycles. The molecule has 0 atom stereocenters. The molecule has 0 aliphatic carbocycles. The molecule has 2 aromatic carbocycles. The lowest BCUT2D eigenvalue weighted by atomic mass is 10.1. The molecule has 148 valence electrons. The molecule has 1 fully saturated rings. The van der Waals surface area contributed by atoms with Gasteiger partial charge in [0.2, 0.25) is 0 Å². The quantitative estimate of drug-likeness (QED) is 0.560. The summed E-state index contributed by atoms with van der Waals surface area (Å²) in [5.41, 5.74) is 0.785. The van der Waals surface area contributed by atoms with Crippen molar-refractivity contribution in [1.82, 2.24) is 4.90 Å². The van der Waals surface area contributed by atoms with E-state index in [0.717, 1.165) is 0 Å². The molecule has 28 heavy (non-hydrogen) atoms. The summed E-state index contributed by atoms with van der Waals surface area (Å²) < 4.78 is 19.4. The van der Waals surface area contributed by atoms with Crippen molar-refractivity contribution in [2.24, 2.45) is 0 Å². The summed E-state index contributed by atoms with van der Waals surface area (Å²) in [5, 5.41) is 11.4. The average molecular weight is 408 g/mol. The molecule has 1 aliphatic rings. The topological polar surface area (TPSA) is 75.9 Å². The number of amides is 1. The molecule has 3 rings (SSSR count). The van der Waals surface area contributed by atoms with E-state index in [2.05, 4.69) is 0 Å². The van der Waals surface area contributed by atoms with Crippen molar-refractivity contribution in [3.8, 4) is 0 Å². The van der Waals surface area contributed by atoms with E-state index >= 15 is 0 Å². The minimum absolute atomic E-state index is 0.0599. The van der Waals surface area contributed by atoms with E-state index in [4.69, 9.17) is 16.3 Å². The van der Waals surface area contributed by atoms with Crippen molar-refractivity contribution in [3.63, 3.8) is 0 Å². The van der Waals surface area contributed by atoms with Crippen molar-refractivity contribution < 1.29 is 18.8 Å². The van der Waals surface area contributed by atoms with E-state index in [1.54, 1.807) is 12.1 Å². The fourth-order valence-corrected chi connectivity index (χ4v) is 3.31. The second-order valence-electron chi connectivity index (χ2n) is 6.42. The minimum atomic E-state index is -0.548. The zero-order valence-electron chi connectivity index (χ0n) is 15.2. The average Bonchev–Trinajstić information content (AvgIpc) is 2.70. The SMILES string of the molecule is CN(Cc1c(F)cccc1Cl)C(=O)c1cc([N+](=O)[O-])ccc1N1CCOCC1. The van der Waals surface area contributed by atoms with E-state index in [1.165, 1.54) is 36.2 Å². The number of rotatable bonds is 5. The summed E-state index contributed by atoms with van der Waals surface area (Å²) in [4.78, 5) is 27.0. The van der Waals surface area contributed by atoms with Gasteiger partial charge in [0, 0.05) is 49.4 Å². The maximum atomic E-state index is 14.1. The maximum absolute atomic E-state index is 14.1. The van der Waals surface area contributed by atoms with Gasteiger partial charge >= 0.3 is 0 Å². The van der Waals surface area contributed by atoms with E-state index < -0.39 is 16.6 Å². The Hall–Kier alpha value is -2.71. The third-order valence-electron chi connectivity index (χ3n) is 4.58. The largest absolute Gasteiger partial charge is 0.378 e. The number of ether oxygens (including phenoxy) is 1. The second kappa shape index (κ2) is 8.53. The van der Waals surface area contributed by atoms with Crippen LogP contribution in [0.25, 0.3) is 0 Å². The van der Waals surface area contributed by atoms with Crippen LogP contribution in [0.2, 0.25) is 5.02 Å². The van der Waals surface area contributed by atoms with Gasteiger partial charge in [-0.1, -0.05) is 17.7 Å². The Kier molecular flexibility index (Phi) is 6.11. The Balaban J connectivity index is 1.94. The van der Waals surface area contributed by atoms with E-state index in [9.17, 15) is 19.3 Å². The number of nitro groups is 1. The fraction of sp³-hybridized carbons (Fsp3) is 0.316. The molecule has 0 N–H and O–H groups in total. The highest BCUT2D eigenvalue weighted by Gasteiger charge is 2.25. The molecule has 2 aromatic rings. The van der Waals surface area contributed by atoms with Crippen molar-refractivity contribution in [1.29, 1.82) is 0 Å². The van der Waals surface area contributed by atoms with Gasteiger partial charge in [-0.15, -0.1) is 0 Å². The summed E-state index contributed by atoms with van der Waals surface area (Å²) in [7, 11) is 1.51. The van der Waals surface area contributed by atoms with E-state index in [1.807, 2.05) is 4.90 Å². The summed E-state index contributed by atoms with van der Waals surface area (Å²) in [6, 6.07) is 8.50. The first-order valence-electron chi connectivity index (χ1n) is 8.68. The zero-order valence-corrected chi connectivity index (χ0v) is 16.0. The summed E-state index contributed by atoms with van der Waals surface area (Å²) in [6.45, 7) is 2.09. The number of anilines is 1. The number of halogens is 2. The van der Waals surface area contributed by atoms with Crippen LogP contribution < -0.4 is 4.90 Å². The van der Waals surface area contributed by atoms with Gasteiger partial charge < -0.3 is 14.5 Å². The predicted octanol–water partition coefficient (Wildman–Crippen LogP) is 3.50. The maximum Gasteiger partial charge on any atom is 0.270 e. The Bertz CT molecular complexity index is 882. The number of carbonyl (C=O) groups is 1. The van der Waals surface area contributed by atoms with Gasteiger partial charge in [0.05, 0.1) is 29.4 Å². The van der Waals surface area contributed by atoms with Crippen LogP contribution in [0.15, 0.2) is 36.4 Å². The molecule has 1 heterocycles. The molecule has 0 bridgehead atoms. The number of hydrogen-bond acceptors (Lipinski definition) is 5. The van der Waals surface area contributed by atoms with Gasteiger partial charge in [0.15, 0.2) is 0 Å². The molecular formula is C19H19ClFN3O4. The second-order valence-corrected chi connectivity index (χ2v) is 6.83. The lowest BCUT2D eigenvalue weighted by Gasteiger charge is -2.31. The number of nitrogens with zero attached hydrogens (tertiary/aromatic N) is 3. The number of carbonyl (C=O) groups excluding carboxylic acids is 1. The van der Waals surface area contributed by atoms with Crippen molar-refractivity contribution in [2.45, 2.75) is 6.54 Å². The summed E-state index contributed by atoms with van der Waals surface area (Å²) >= 11 is 6.05. The van der Waals surface area contributed by atoms with Crippen LogP contribution in [0.1, 0.15) is 15.9 Å². The predicted molar refractivity (Wildman–Crippen MR) is 103 cm³/mol. The highest BCUT2D eigenvalue weighted by molar-refractivity contribution is 6.31. The van der Waals surface area contributed by atoms with Crippen LogP contribution in [0, 0.1) is 15.9 Å². The molecule has 1 amide bonds. The Morgan fingerprint density at radius 2 is 2.04 bits per heavy atom. The Morgan fingerprint density at radius 1 is 1.32 bits per heavy atom. The van der Waals surface area contributed by atoms with Crippen molar-refractivity contribution in [3.05, 3.63) is 68.5 Å². The van der Waals surface area contributed by atoms with Gasteiger partial charge in [-0.2, -0.15) is 0 Å². The third-order valence-corrected chi connectivity index (χ3v) is 4.93. The highest BCUT2D eigenvalue weighted by Crippen LogP contribution is 2.28. The van der Waals surface area contributed by atoms with Crippen molar-refractivity contribution >= 4 is 28.9 Å². The molecule has 0 saturated carbocycles. The number of hydrogen-bond donors (Lipinski definition) is 0. The zero-order chi connectivity index (χ0) is 20.3. The molecule has 0 spiro atoms. The normalized spacial score (nSPS) is 14.0. The number of non-ortho nitro benzene ring substituents is 1. The first kappa shape index (κ1) is 20.0. The number of benzene rings is 2. The van der Waals surface area contributed by atoms with Crippen LogP contribution in [-0.4, -0.2) is 49.1 Å². The minimum Gasteiger partial charge on any atom is -0.378 e. The fourth-order valence-electron chi connectivity index (χ4n) is 3.09. The summed E-state index contributed by atoms with van der Waals surface area (Å²) in [5.74, 6) is -0.968. The van der Waals surface area contributed by atoms with Crippen LogP contribution in [0.3, 0.4) is 0 Å². The summed E-state index contributed by atoms with van der Waals surface area (Å²) in [6.07, 6.45) is 0. The molecular weight excluding hydrogens is 389 g/mol. The molecule has 0 aromatic heterocycles. The Labute approximate surface area is 166 Å². The number of morpholine rings is 1. The standard InChI is InChI=1S/C19H19ClFN3O4/c1-22(12-15-16(20)3-2-4-17(15)21)19(25)14-11-13(24(26)27)5-6-18(14)23-7-9-28-10-8-23/h2-6,11H,7-10,12H2,1H3. The van der Waals surface area contributed by atoms with Gasteiger partial charge in [-0.3, -0.25) is 14.9 Å². The molecule has 0 radical (unpaired) electrons. The van der Waals surface area contributed by atoms with Crippen molar-refractivity contribution in [2.75, 3.05) is 38.3 Å². The van der Waals surface area contributed by atoms with Gasteiger partial charge in [0.1, 0.15) is 5.82 Å². The van der Waals surface area contributed by atoms with Crippen LogP contribution in [0.5, 0.6) is 0 Å². The van der Waals surface area contributed by atoms with Gasteiger partial charge in [-0.05, 0) is 18.2 Å². The lowest BCUT2D eigenvalue weighted by Crippen LogP contribution is -2.38. The van der Waals surface area contributed by atoms with Crippen LogP contribution >= 0.6 is 11.6 Å².